The first-order chi connectivity index (χ1) is 15.2. The molecule has 2 unspecified atom stereocenters. The monoisotopic (exact) mass is 474 g/mol. The highest BCUT2D eigenvalue weighted by molar-refractivity contribution is 5.78. The second-order valence-electron chi connectivity index (χ2n) is 10.1. The van der Waals surface area contributed by atoms with Crippen molar-refractivity contribution in [2.24, 2.45) is 11.3 Å². The van der Waals surface area contributed by atoms with Crippen LogP contribution in [0, 0.1) is 11.3 Å². The van der Waals surface area contributed by atoms with Gasteiger partial charge in [0, 0.05) is 18.4 Å². The van der Waals surface area contributed by atoms with Crippen LogP contribution in [0.4, 0.5) is 0 Å². The van der Waals surface area contributed by atoms with Gasteiger partial charge in [-0.15, -0.1) is 0 Å². The van der Waals surface area contributed by atoms with Crippen LogP contribution in [-0.4, -0.2) is 67.3 Å². The van der Waals surface area contributed by atoms with Gasteiger partial charge < -0.3 is 30.0 Å². The molecule has 0 saturated heterocycles. The fourth-order valence-corrected chi connectivity index (χ4v) is 3.13. The molecule has 1 amide bonds. The van der Waals surface area contributed by atoms with E-state index in [1.807, 2.05) is 55.4 Å². The van der Waals surface area contributed by atoms with Crippen molar-refractivity contribution in [3.63, 3.8) is 0 Å². The Balaban J connectivity index is 0. The topological polar surface area (TPSA) is 114 Å². The van der Waals surface area contributed by atoms with Crippen LogP contribution in [0.2, 0.25) is 0 Å². The Morgan fingerprint density at radius 2 is 1.61 bits per heavy atom. The summed E-state index contributed by atoms with van der Waals surface area (Å²) in [7, 11) is 1.56. The van der Waals surface area contributed by atoms with E-state index in [9.17, 15) is 14.4 Å². The van der Waals surface area contributed by atoms with Gasteiger partial charge in [0.25, 0.3) is 0 Å². The predicted octanol–water partition coefficient (Wildman–Crippen LogP) is 3.81. The third-order valence-electron chi connectivity index (χ3n) is 5.74. The second-order valence-corrected chi connectivity index (χ2v) is 10.1. The first-order valence-electron chi connectivity index (χ1n) is 12.1. The lowest BCUT2D eigenvalue weighted by molar-refractivity contribution is -0.139. The molecule has 0 spiro atoms. The lowest BCUT2D eigenvalue weighted by atomic mass is 9.78. The van der Waals surface area contributed by atoms with E-state index in [1.165, 1.54) is 0 Å². The van der Waals surface area contributed by atoms with Gasteiger partial charge >= 0.3 is 5.97 Å². The zero-order valence-electron chi connectivity index (χ0n) is 22.7. The number of ether oxygens (including phenoxy) is 2. The maximum Gasteiger partial charge on any atom is 0.320 e. The summed E-state index contributed by atoms with van der Waals surface area (Å²) >= 11 is 0. The number of nitrogens with one attached hydrogen (secondary N) is 2. The number of carbonyl (C=O) groups is 3. The Bertz CT molecular complexity index is 575. The Morgan fingerprint density at radius 1 is 1.03 bits per heavy atom. The van der Waals surface area contributed by atoms with E-state index in [2.05, 4.69) is 17.6 Å². The zero-order chi connectivity index (χ0) is 26.3. The lowest BCUT2D eigenvalue weighted by Crippen LogP contribution is -2.38. The SMILES string of the molecule is CC.CNC(CCC(=O)NCCOC(C)(C)CCOC(C)(C)C(C)CC(C)(C)C=O)C(=O)O. The molecule has 0 aromatic rings. The van der Waals surface area contributed by atoms with Crippen LogP contribution in [0.25, 0.3) is 0 Å². The number of carbonyl (C=O) groups excluding carboxylic acids is 2. The minimum Gasteiger partial charge on any atom is -0.480 e. The van der Waals surface area contributed by atoms with Gasteiger partial charge in [0.1, 0.15) is 12.3 Å². The molecule has 8 nitrogen and oxygen atoms in total. The summed E-state index contributed by atoms with van der Waals surface area (Å²) in [6.07, 6.45) is 2.82. The normalized spacial score (nSPS) is 14.0. The Hall–Kier alpha value is -1.51. The molecule has 0 aliphatic carbocycles. The van der Waals surface area contributed by atoms with Crippen LogP contribution in [0.15, 0.2) is 0 Å². The third-order valence-corrected chi connectivity index (χ3v) is 5.74. The molecular formula is C25H50N2O6. The van der Waals surface area contributed by atoms with Gasteiger partial charge in [-0.2, -0.15) is 0 Å². The summed E-state index contributed by atoms with van der Waals surface area (Å²) in [6, 6.07) is -0.725. The Kier molecular flexibility index (Phi) is 16.5. The fourth-order valence-electron chi connectivity index (χ4n) is 3.13. The summed E-state index contributed by atoms with van der Waals surface area (Å²) in [5.41, 5.74) is -1.13. The molecule has 2 atom stereocenters. The molecule has 196 valence electrons. The number of aliphatic carboxylic acids is 1. The number of amides is 1. The zero-order valence-corrected chi connectivity index (χ0v) is 22.7. The molecule has 0 aromatic heterocycles. The van der Waals surface area contributed by atoms with Crippen LogP contribution >= 0.6 is 0 Å². The molecule has 0 radical (unpaired) electrons. The molecule has 8 heteroatoms. The van der Waals surface area contributed by atoms with E-state index >= 15 is 0 Å². The number of likely N-dealkylation sites (N-methyl/N-ethyl adjacent to an activating group) is 1. The van der Waals surface area contributed by atoms with Crippen LogP contribution in [0.3, 0.4) is 0 Å². The van der Waals surface area contributed by atoms with Crippen molar-refractivity contribution in [1.29, 1.82) is 0 Å². The lowest BCUT2D eigenvalue weighted by Gasteiger charge is -2.36. The van der Waals surface area contributed by atoms with E-state index < -0.39 is 17.6 Å². The number of rotatable bonds is 17. The summed E-state index contributed by atoms with van der Waals surface area (Å²) in [5.74, 6) is -0.941. The molecule has 0 bridgehead atoms. The van der Waals surface area contributed by atoms with Crippen molar-refractivity contribution >= 4 is 18.2 Å². The molecular weight excluding hydrogens is 424 g/mol. The minimum absolute atomic E-state index is 0.142. The number of carboxylic acid groups (broad SMARTS) is 1. The van der Waals surface area contributed by atoms with Crippen molar-refractivity contribution < 1.29 is 29.0 Å². The molecule has 0 aliphatic heterocycles. The van der Waals surface area contributed by atoms with Crippen LogP contribution in [-0.2, 0) is 23.9 Å². The average Bonchev–Trinajstić information content (AvgIpc) is 2.72. The summed E-state index contributed by atoms with van der Waals surface area (Å²) < 4.78 is 12.0. The molecule has 0 saturated carbocycles. The van der Waals surface area contributed by atoms with Crippen LogP contribution < -0.4 is 10.6 Å². The highest BCUT2D eigenvalue weighted by Gasteiger charge is 2.32. The maximum atomic E-state index is 11.8. The molecule has 0 rings (SSSR count). The van der Waals surface area contributed by atoms with E-state index in [0.717, 1.165) is 12.7 Å². The highest BCUT2D eigenvalue weighted by Crippen LogP contribution is 2.32. The van der Waals surface area contributed by atoms with Gasteiger partial charge in [0.2, 0.25) is 5.91 Å². The van der Waals surface area contributed by atoms with E-state index in [4.69, 9.17) is 14.6 Å². The largest absolute Gasteiger partial charge is 0.480 e. The van der Waals surface area contributed by atoms with Crippen molar-refractivity contribution in [1.82, 2.24) is 10.6 Å². The smallest absolute Gasteiger partial charge is 0.320 e. The fraction of sp³-hybridized carbons (Fsp3) is 0.880. The molecule has 0 heterocycles. The average molecular weight is 475 g/mol. The van der Waals surface area contributed by atoms with Crippen molar-refractivity contribution in [3.05, 3.63) is 0 Å². The molecule has 33 heavy (non-hydrogen) atoms. The standard InChI is InChI=1S/C23H44N2O6.C2H6/c1-17(15-21(2,3)16-26)23(6,7)31-13-11-22(4,5)30-14-12-25-19(27)10-9-18(24-8)20(28)29;1-2/h16-18,24H,9-15H2,1-8H3,(H,25,27)(H,28,29);1-2H3. The number of hydrogen-bond donors (Lipinski definition) is 3. The van der Waals surface area contributed by atoms with Gasteiger partial charge in [0.05, 0.1) is 24.4 Å². The Labute approximate surface area is 201 Å². The van der Waals surface area contributed by atoms with Crippen molar-refractivity contribution in [2.75, 3.05) is 26.8 Å². The van der Waals surface area contributed by atoms with Crippen LogP contribution in [0.1, 0.15) is 88.0 Å². The molecule has 3 N–H and O–H groups in total. The van der Waals surface area contributed by atoms with Gasteiger partial charge in [0.15, 0.2) is 0 Å². The molecule has 0 fully saturated rings. The van der Waals surface area contributed by atoms with Gasteiger partial charge in [-0.25, -0.2) is 0 Å². The number of hydrogen-bond acceptors (Lipinski definition) is 6. The summed E-state index contributed by atoms with van der Waals surface area (Å²) in [4.78, 5) is 34.0. The number of aldehydes is 1. The third kappa shape index (κ3) is 15.9. The number of carboxylic acids is 1. The minimum atomic E-state index is -0.965. The van der Waals surface area contributed by atoms with Gasteiger partial charge in [-0.3, -0.25) is 9.59 Å². The first-order valence-corrected chi connectivity index (χ1v) is 12.1. The predicted molar refractivity (Wildman–Crippen MR) is 132 cm³/mol. The molecule has 0 aromatic carbocycles. The summed E-state index contributed by atoms with van der Waals surface area (Å²) in [6.45, 7) is 19.3. The van der Waals surface area contributed by atoms with E-state index in [-0.39, 0.29) is 35.7 Å². The van der Waals surface area contributed by atoms with E-state index in [0.29, 0.717) is 26.2 Å². The van der Waals surface area contributed by atoms with Gasteiger partial charge in [-0.05, 0) is 59.9 Å². The second kappa shape index (κ2) is 16.2. The quantitative estimate of drug-likeness (QED) is 0.217. The maximum absolute atomic E-state index is 11.8. The van der Waals surface area contributed by atoms with E-state index in [1.54, 1.807) is 7.05 Å². The van der Waals surface area contributed by atoms with Gasteiger partial charge in [-0.1, -0.05) is 34.6 Å². The first kappa shape index (κ1) is 33.7. The Morgan fingerprint density at radius 3 is 2.09 bits per heavy atom. The summed E-state index contributed by atoms with van der Waals surface area (Å²) in [5, 5.41) is 14.4. The van der Waals surface area contributed by atoms with Crippen LogP contribution in [0.5, 0.6) is 0 Å². The van der Waals surface area contributed by atoms with Crippen molar-refractivity contribution in [2.45, 2.75) is 105 Å². The highest BCUT2D eigenvalue weighted by atomic mass is 16.5. The molecule has 0 aliphatic rings. The van der Waals surface area contributed by atoms with Crippen molar-refractivity contribution in [3.8, 4) is 0 Å².